The minimum absolute atomic E-state index is 0.121. The van der Waals surface area contributed by atoms with Crippen molar-refractivity contribution in [2.75, 3.05) is 19.5 Å². The summed E-state index contributed by atoms with van der Waals surface area (Å²) in [6, 6.07) is 11.1. The number of benzene rings is 1. The standard InChI is InChI=1S/C18H22N6O2/c1-11(12-7-5-4-6-8-12)20-18(25)22-15-9-13-16(14(21-15)10-19-2)17(26-3)24-23-13/h4-9,11,19H,10H2,1-3H3,(H,23,24)(H2,20,21,22,25). The van der Waals surface area contributed by atoms with Crippen molar-refractivity contribution in [2.24, 2.45) is 0 Å². The first-order chi connectivity index (χ1) is 12.6. The Bertz CT molecular complexity index is 893. The molecule has 3 rings (SSSR count). The van der Waals surface area contributed by atoms with Crippen LogP contribution in [0.2, 0.25) is 0 Å². The minimum atomic E-state index is -0.324. The predicted molar refractivity (Wildman–Crippen MR) is 100 cm³/mol. The van der Waals surface area contributed by atoms with Crippen LogP contribution in [0.4, 0.5) is 10.6 Å². The lowest BCUT2D eigenvalue weighted by molar-refractivity contribution is 0.249. The molecule has 2 aromatic heterocycles. The van der Waals surface area contributed by atoms with Crippen molar-refractivity contribution in [3.8, 4) is 5.88 Å². The Morgan fingerprint density at radius 1 is 1.31 bits per heavy atom. The van der Waals surface area contributed by atoms with E-state index in [2.05, 4.69) is 31.1 Å². The van der Waals surface area contributed by atoms with Crippen molar-refractivity contribution >= 4 is 22.8 Å². The molecule has 0 aliphatic rings. The van der Waals surface area contributed by atoms with Crippen LogP contribution in [0.1, 0.15) is 24.2 Å². The second kappa shape index (κ2) is 7.83. The number of anilines is 1. The van der Waals surface area contributed by atoms with Crippen LogP contribution in [-0.4, -0.2) is 35.4 Å². The highest BCUT2D eigenvalue weighted by Gasteiger charge is 2.16. The number of aromatic amines is 1. The van der Waals surface area contributed by atoms with Gasteiger partial charge in [0, 0.05) is 12.6 Å². The molecule has 136 valence electrons. The van der Waals surface area contributed by atoms with E-state index in [0.717, 1.165) is 22.2 Å². The van der Waals surface area contributed by atoms with Crippen molar-refractivity contribution in [2.45, 2.75) is 19.5 Å². The number of ether oxygens (including phenoxy) is 1. The third kappa shape index (κ3) is 3.75. The molecule has 1 unspecified atom stereocenters. The van der Waals surface area contributed by atoms with Crippen molar-refractivity contribution in [1.29, 1.82) is 0 Å². The molecule has 2 amide bonds. The molecule has 4 N–H and O–H groups in total. The van der Waals surface area contributed by atoms with Gasteiger partial charge in [0.25, 0.3) is 0 Å². The summed E-state index contributed by atoms with van der Waals surface area (Å²) in [7, 11) is 3.39. The highest BCUT2D eigenvalue weighted by molar-refractivity contribution is 5.93. The molecule has 26 heavy (non-hydrogen) atoms. The van der Waals surface area contributed by atoms with E-state index in [0.29, 0.717) is 18.2 Å². The number of nitrogens with zero attached hydrogens (tertiary/aromatic N) is 2. The summed E-state index contributed by atoms with van der Waals surface area (Å²) in [5, 5.41) is 16.6. The Balaban J connectivity index is 1.78. The molecule has 0 radical (unpaired) electrons. The van der Waals surface area contributed by atoms with Crippen LogP contribution in [0.5, 0.6) is 5.88 Å². The number of amides is 2. The zero-order valence-electron chi connectivity index (χ0n) is 15.0. The van der Waals surface area contributed by atoms with Crippen LogP contribution >= 0.6 is 0 Å². The Morgan fingerprint density at radius 2 is 2.08 bits per heavy atom. The minimum Gasteiger partial charge on any atom is -0.479 e. The van der Waals surface area contributed by atoms with Crippen molar-refractivity contribution in [3.63, 3.8) is 0 Å². The summed E-state index contributed by atoms with van der Waals surface area (Å²) in [5.41, 5.74) is 2.51. The number of aromatic nitrogens is 3. The maximum atomic E-state index is 12.3. The lowest BCUT2D eigenvalue weighted by atomic mass is 10.1. The second-order valence-corrected chi connectivity index (χ2v) is 5.87. The lowest BCUT2D eigenvalue weighted by Crippen LogP contribution is -2.31. The molecule has 8 heteroatoms. The van der Waals surface area contributed by atoms with Crippen LogP contribution in [0, 0.1) is 0 Å². The van der Waals surface area contributed by atoms with E-state index in [1.165, 1.54) is 0 Å². The zero-order chi connectivity index (χ0) is 18.5. The molecule has 0 bridgehead atoms. The highest BCUT2D eigenvalue weighted by Crippen LogP contribution is 2.27. The third-order valence-corrected chi connectivity index (χ3v) is 4.01. The van der Waals surface area contributed by atoms with Gasteiger partial charge in [-0.25, -0.2) is 9.78 Å². The van der Waals surface area contributed by atoms with Gasteiger partial charge in [-0.3, -0.25) is 10.4 Å². The van der Waals surface area contributed by atoms with E-state index in [9.17, 15) is 4.79 Å². The van der Waals surface area contributed by atoms with Crippen molar-refractivity contribution in [3.05, 3.63) is 47.7 Å². The number of hydrogen-bond donors (Lipinski definition) is 4. The number of urea groups is 1. The van der Waals surface area contributed by atoms with E-state index >= 15 is 0 Å². The van der Waals surface area contributed by atoms with E-state index in [1.807, 2.05) is 44.3 Å². The Kier molecular flexibility index (Phi) is 5.33. The molecule has 0 aliphatic heterocycles. The topological polar surface area (TPSA) is 104 Å². The molecule has 0 spiro atoms. The van der Waals surface area contributed by atoms with Crippen LogP contribution in [0.3, 0.4) is 0 Å². The fraction of sp³-hybridized carbons (Fsp3) is 0.278. The molecule has 0 saturated heterocycles. The average molecular weight is 354 g/mol. The van der Waals surface area contributed by atoms with E-state index in [1.54, 1.807) is 13.2 Å². The zero-order valence-corrected chi connectivity index (χ0v) is 15.0. The Morgan fingerprint density at radius 3 is 2.77 bits per heavy atom. The van der Waals surface area contributed by atoms with Crippen LogP contribution in [0.25, 0.3) is 10.9 Å². The summed E-state index contributed by atoms with van der Waals surface area (Å²) in [6.07, 6.45) is 0. The SMILES string of the molecule is CNCc1nc(NC(=O)NC(C)c2ccccc2)cc2[nH]nc(OC)c12. The number of carbonyl (C=O) groups excluding carboxylic acids is 1. The van der Waals surface area contributed by atoms with Gasteiger partial charge in [-0.05, 0) is 19.5 Å². The van der Waals surface area contributed by atoms with Gasteiger partial charge in [0.15, 0.2) is 0 Å². The highest BCUT2D eigenvalue weighted by atomic mass is 16.5. The summed E-state index contributed by atoms with van der Waals surface area (Å²) in [6.45, 7) is 2.45. The largest absolute Gasteiger partial charge is 0.479 e. The van der Waals surface area contributed by atoms with Crippen molar-refractivity contribution in [1.82, 2.24) is 25.8 Å². The number of rotatable bonds is 6. The third-order valence-electron chi connectivity index (χ3n) is 4.01. The summed E-state index contributed by atoms with van der Waals surface area (Å²) < 4.78 is 5.27. The molecule has 0 saturated carbocycles. The number of nitrogens with one attached hydrogen (secondary N) is 4. The first kappa shape index (κ1) is 17.7. The van der Waals surface area contributed by atoms with Gasteiger partial charge in [-0.15, -0.1) is 5.10 Å². The maximum absolute atomic E-state index is 12.3. The monoisotopic (exact) mass is 354 g/mol. The quantitative estimate of drug-likeness (QED) is 0.545. The summed E-state index contributed by atoms with van der Waals surface area (Å²) in [5.74, 6) is 0.915. The molecular weight excluding hydrogens is 332 g/mol. The van der Waals surface area contributed by atoms with E-state index in [-0.39, 0.29) is 12.1 Å². The first-order valence-electron chi connectivity index (χ1n) is 8.31. The fourth-order valence-corrected chi connectivity index (χ4v) is 2.77. The Hall–Kier alpha value is -3.13. The van der Waals surface area contributed by atoms with Gasteiger partial charge < -0.3 is 15.4 Å². The van der Waals surface area contributed by atoms with Crippen LogP contribution in [0.15, 0.2) is 36.4 Å². The number of carbonyl (C=O) groups is 1. The number of fused-ring (bicyclic) bond motifs is 1. The molecular formula is C18H22N6O2. The average Bonchev–Trinajstić information content (AvgIpc) is 3.06. The van der Waals surface area contributed by atoms with Crippen LogP contribution in [-0.2, 0) is 6.54 Å². The number of hydrogen-bond acceptors (Lipinski definition) is 5. The summed E-state index contributed by atoms with van der Waals surface area (Å²) in [4.78, 5) is 16.9. The molecule has 1 aromatic carbocycles. The van der Waals surface area contributed by atoms with Gasteiger partial charge in [-0.1, -0.05) is 30.3 Å². The molecule has 0 fully saturated rings. The van der Waals surface area contributed by atoms with Crippen LogP contribution < -0.4 is 20.7 Å². The predicted octanol–water partition coefficient (Wildman–Crippen LogP) is 2.57. The molecule has 2 heterocycles. The molecule has 8 nitrogen and oxygen atoms in total. The molecule has 3 aromatic rings. The maximum Gasteiger partial charge on any atom is 0.320 e. The smallest absolute Gasteiger partial charge is 0.320 e. The number of H-pyrrole nitrogens is 1. The number of methoxy groups -OCH3 is 1. The molecule has 0 aliphatic carbocycles. The van der Waals surface area contributed by atoms with Gasteiger partial charge in [-0.2, -0.15) is 0 Å². The van der Waals surface area contributed by atoms with E-state index in [4.69, 9.17) is 4.74 Å². The summed E-state index contributed by atoms with van der Waals surface area (Å²) >= 11 is 0. The van der Waals surface area contributed by atoms with Gasteiger partial charge in [0.2, 0.25) is 5.88 Å². The Labute approximate surface area is 151 Å². The normalized spacial score (nSPS) is 12.0. The van der Waals surface area contributed by atoms with E-state index < -0.39 is 0 Å². The fourth-order valence-electron chi connectivity index (χ4n) is 2.77. The number of pyridine rings is 1. The molecule has 1 atom stereocenters. The van der Waals surface area contributed by atoms with Gasteiger partial charge in [0.05, 0.1) is 29.7 Å². The van der Waals surface area contributed by atoms with Gasteiger partial charge in [0.1, 0.15) is 5.82 Å². The van der Waals surface area contributed by atoms with Crippen molar-refractivity contribution < 1.29 is 9.53 Å². The lowest BCUT2D eigenvalue weighted by Gasteiger charge is -2.15. The van der Waals surface area contributed by atoms with Gasteiger partial charge >= 0.3 is 6.03 Å². The second-order valence-electron chi connectivity index (χ2n) is 5.87. The first-order valence-corrected chi connectivity index (χ1v) is 8.31.